The molecule has 2 amide bonds. The molecule has 1 aliphatic rings. The summed E-state index contributed by atoms with van der Waals surface area (Å²) >= 11 is 28.6. The summed E-state index contributed by atoms with van der Waals surface area (Å²) in [5.41, 5.74) is 1.27. The lowest BCUT2D eigenvalue weighted by Gasteiger charge is -2.29. The number of carbonyl (C=O) groups is 5. The third-order valence-corrected chi connectivity index (χ3v) is 11.3. The van der Waals surface area contributed by atoms with Gasteiger partial charge in [0.05, 0.1) is 52.5 Å². The van der Waals surface area contributed by atoms with Crippen LogP contribution in [0.1, 0.15) is 73.5 Å². The van der Waals surface area contributed by atoms with E-state index in [0.29, 0.717) is 25.0 Å². The van der Waals surface area contributed by atoms with E-state index in [1.165, 1.54) is 17.0 Å². The zero-order chi connectivity index (χ0) is 54.7. The van der Waals surface area contributed by atoms with Gasteiger partial charge in [0.25, 0.3) is 5.91 Å². The van der Waals surface area contributed by atoms with E-state index in [2.05, 4.69) is 12.2 Å². The molecule has 1 saturated heterocycles. The van der Waals surface area contributed by atoms with Crippen LogP contribution in [0.3, 0.4) is 0 Å². The molecule has 0 radical (unpaired) electrons. The second kappa shape index (κ2) is 29.3. The van der Waals surface area contributed by atoms with Crippen molar-refractivity contribution < 1.29 is 85.1 Å². The number of rotatable bonds is 17. The van der Waals surface area contributed by atoms with Crippen LogP contribution in [0.5, 0.6) is 11.5 Å². The van der Waals surface area contributed by atoms with Crippen LogP contribution in [-0.4, -0.2) is 110 Å². The molecular formula is C45H52Cl5F3N3O15P. The zero-order valence-corrected chi connectivity index (χ0v) is 43.9. The molecule has 1 aliphatic heterocycles. The molecule has 0 spiro atoms. The fraction of sp³-hybridized carbons (Fsp3) is 0.400. The highest BCUT2D eigenvalue weighted by Gasteiger charge is 2.45. The highest BCUT2D eigenvalue weighted by atomic mass is 35.5. The van der Waals surface area contributed by atoms with Crippen LogP contribution in [0.15, 0.2) is 77.4 Å². The Balaban J connectivity index is 0.000000347. The van der Waals surface area contributed by atoms with Gasteiger partial charge in [-0.3, -0.25) is 29.2 Å². The molecule has 0 bridgehead atoms. The number of hydrogen-bond donors (Lipinski definition) is 5. The van der Waals surface area contributed by atoms with E-state index < -0.39 is 66.7 Å². The molecule has 2 heterocycles. The maximum Gasteiger partial charge on any atom is 0.416 e. The number of esters is 1. The summed E-state index contributed by atoms with van der Waals surface area (Å²) in [6, 6.07) is 16.0. The molecule has 1 unspecified atom stereocenters. The van der Waals surface area contributed by atoms with Gasteiger partial charge >= 0.3 is 31.7 Å². The van der Waals surface area contributed by atoms with Crippen molar-refractivity contribution in [2.45, 2.75) is 76.9 Å². The summed E-state index contributed by atoms with van der Waals surface area (Å²) in [4.78, 5) is 74.8. The van der Waals surface area contributed by atoms with E-state index in [1.807, 2.05) is 38.1 Å². The predicted molar refractivity (Wildman–Crippen MR) is 262 cm³/mol. The first-order valence-electron chi connectivity index (χ1n) is 21.1. The van der Waals surface area contributed by atoms with Gasteiger partial charge < -0.3 is 48.3 Å². The summed E-state index contributed by atoms with van der Waals surface area (Å²) in [5.74, 6) is -3.36. The number of halogens is 8. The van der Waals surface area contributed by atoms with E-state index in [4.69, 9.17) is 101 Å². The minimum atomic E-state index is -4.56. The van der Waals surface area contributed by atoms with E-state index in [9.17, 15) is 41.7 Å². The van der Waals surface area contributed by atoms with Crippen LogP contribution in [0.25, 0.3) is 0 Å². The number of nitrogens with one attached hydrogen (secondary N) is 1. The molecular weight excluding hydrogens is 1090 g/mol. The molecule has 398 valence electrons. The van der Waals surface area contributed by atoms with Crippen LogP contribution < -0.4 is 15.0 Å². The highest BCUT2D eigenvalue weighted by Crippen LogP contribution is 2.39. The van der Waals surface area contributed by atoms with Crippen molar-refractivity contribution >= 4 is 101 Å². The summed E-state index contributed by atoms with van der Waals surface area (Å²) in [7, 11) is -4.10. The monoisotopic (exact) mass is 1140 g/mol. The first-order valence-corrected chi connectivity index (χ1v) is 25.0. The molecule has 2 atom stereocenters. The van der Waals surface area contributed by atoms with E-state index in [-0.39, 0.29) is 57.6 Å². The molecule has 72 heavy (non-hydrogen) atoms. The fourth-order valence-corrected chi connectivity index (χ4v) is 7.23. The molecule has 27 heteroatoms. The van der Waals surface area contributed by atoms with E-state index >= 15 is 0 Å². The van der Waals surface area contributed by atoms with E-state index in [0.717, 1.165) is 48.4 Å². The van der Waals surface area contributed by atoms with Crippen molar-refractivity contribution in [2.24, 2.45) is 0 Å². The number of benzene rings is 3. The number of aryl methyl sites for hydroxylation is 2. The second-order valence-electron chi connectivity index (χ2n) is 15.2. The van der Waals surface area contributed by atoms with Crippen LogP contribution in [-0.2, 0) is 50.6 Å². The maximum atomic E-state index is 12.7. The lowest BCUT2D eigenvalue weighted by atomic mass is 10.0. The third kappa shape index (κ3) is 20.7. The van der Waals surface area contributed by atoms with Crippen molar-refractivity contribution in [2.75, 3.05) is 43.5 Å². The number of furan rings is 1. The van der Waals surface area contributed by atoms with Gasteiger partial charge in [-0.25, -0.2) is 9.59 Å². The summed E-state index contributed by atoms with van der Waals surface area (Å²) in [5, 5.41) is 18.5. The average Bonchev–Trinajstić information content (AvgIpc) is 3.95. The highest BCUT2D eigenvalue weighted by molar-refractivity contribution is 7.51. The largest absolute Gasteiger partial charge is 0.480 e. The van der Waals surface area contributed by atoms with Gasteiger partial charge in [-0.2, -0.15) is 13.2 Å². The Bertz CT molecular complexity index is 2500. The summed E-state index contributed by atoms with van der Waals surface area (Å²) in [6.45, 7) is 11.5. The van der Waals surface area contributed by atoms with Crippen LogP contribution in [0, 0.1) is 6.92 Å². The number of para-hydroxylation sites is 1. The number of carboxylic acids is 2. The molecule has 1 fully saturated rings. The first-order chi connectivity index (χ1) is 33.5. The zero-order valence-electron chi connectivity index (χ0n) is 39.3. The Labute approximate surface area is 437 Å². The molecule has 4 aromatic rings. The first kappa shape index (κ1) is 63.5. The standard InChI is InChI=1S/C17H11Cl2F3O5.C14H20ClNO2.C11H13Cl2NO3.C3H8NO5P/c1-8(15(23)24)26-16(25)11-7-10(3-4-12(11)18)27-14-5-2-9(6-13(14)19)17(20,21)22;1-4-12-8-6-7-11(3)14(12)16(10-18-5-2)13(17)9-15;1-11(2)14(10(15)9(12)13)6-8(17-11)7-4-3-5-16-7;5-3(6)1-4-2-10(7,8)9/h2-8H,1H3,(H,23,24);6-8H,4-5,9-10H2,1-3H3;3-5,8-9H,6H2,1-2H3;4H,1-2H2,(H,5,6)(H2,7,8,9)/t8-;;;/m0.../s1. The number of carbonyl (C=O) groups excluding carboxylic acids is 3. The number of nitrogens with zero attached hydrogens (tertiary/aromatic N) is 2. The fourth-order valence-electron chi connectivity index (χ4n) is 6.03. The number of alkyl halides is 6. The topological polar surface area (TPSA) is 252 Å². The number of aliphatic carboxylic acids is 2. The number of amides is 2. The van der Waals surface area contributed by atoms with Crippen LogP contribution in [0.2, 0.25) is 10.0 Å². The smallest absolute Gasteiger partial charge is 0.416 e. The molecule has 1 aromatic heterocycles. The van der Waals surface area contributed by atoms with Crippen LogP contribution >= 0.6 is 65.6 Å². The maximum absolute atomic E-state index is 12.7. The second-order valence-corrected chi connectivity index (χ2v) is 19.1. The Morgan fingerprint density at radius 2 is 1.65 bits per heavy atom. The number of anilines is 1. The summed E-state index contributed by atoms with van der Waals surface area (Å²) in [6.07, 6.45) is -4.39. The number of carboxylic acid groups (broad SMARTS) is 2. The van der Waals surface area contributed by atoms with Crippen molar-refractivity contribution in [3.63, 3.8) is 0 Å². The molecule has 3 aromatic carbocycles. The number of ether oxygens (including phenoxy) is 4. The predicted octanol–water partition coefficient (Wildman–Crippen LogP) is 10.1. The molecule has 0 saturated carbocycles. The van der Waals surface area contributed by atoms with Crippen LogP contribution in [0.4, 0.5) is 18.9 Å². The molecule has 5 rings (SSSR count). The van der Waals surface area contributed by atoms with Gasteiger partial charge in [0.2, 0.25) is 5.91 Å². The molecule has 5 N–H and O–H groups in total. The van der Waals surface area contributed by atoms with Crippen molar-refractivity contribution in [1.82, 2.24) is 10.2 Å². The quantitative estimate of drug-likeness (QED) is 0.0285. The van der Waals surface area contributed by atoms with Crippen molar-refractivity contribution in [1.29, 1.82) is 0 Å². The minimum absolute atomic E-state index is 0.0246. The Kier molecular flexibility index (Phi) is 25.8. The van der Waals surface area contributed by atoms with Crippen molar-refractivity contribution in [3.8, 4) is 11.5 Å². The SMILES string of the molecule is CC1(C)OC(c2ccco2)CN1C(=O)C(Cl)Cl.CCOCN(C(=O)CCl)c1c(C)cccc1CC.C[C@H](OC(=O)c1cc(Oc2ccc(C(F)(F)F)cc2Cl)ccc1Cl)C(=O)O.O=C(O)CNCP(=O)(O)O. The van der Waals surface area contributed by atoms with Gasteiger partial charge in [0.1, 0.15) is 41.7 Å². The van der Waals surface area contributed by atoms with Gasteiger partial charge in [-0.1, -0.05) is 71.5 Å². The Morgan fingerprint density at radius 1 is 0.986 bits per heavy atom. The van der Waals surface area contributed by atoms with E-state index in [1.54, 1.807) is 31.1 Å². The summed E-state index contributed by atoms with van der Waals surface area (Å²) < 4.78 is 74.6. The lowest BCUT2D eigenvalue weighted by Crippen LogP contribution is -2.45. The average molecular weight is 1140 g/mol. The number of hydrogen-bond acceptors (Lipinski definition) is 12. The van der Waals surface area contributed by atoms with Gasteiger partial charge in [-0.05, 0) is 101 Å². The van der Waals surface area contributed by atoms with Gasteiger partial charge in [-0.15, -0.1) is 11.6 Å². The Morgan fingerprint density at radius 3 is 2.17 bits per heavy atom. The van der Waals surface area contributed by atoms with Gasteiger partial charge in [0.15, 0.2) is 10.9 Å². The Hall–Kier alpha value is -4.64. The molecule has 0 aliphatic carbocycles. The van der Waals surface area contributed by atoms with Crippen molar-refractivity contribution in [3.05, 3.63) is 111 Å². The van der Waals surface area contributed by atoms with Gasteiger partial charge in [0, 0.05) is 6.61 Å². The lowest BCUT2D eigenvalue weighted by molar-refractivity contribution is -0.146. The molecule has 18 nitrogen and oxygen atoms in total. The third-order valence-electron chi connectivity index (χ3n) is 9.42. The normalized spacial score (nSPS) is 14.3. The minimum Gasteiger partial charge on any atom is -0.480 e.